The molecule has 1 aliphatic heterocycles. The van der Waals surface area contributed by atoms with Gasteiger partial charge in [-0.3, -0.25) is 4.79 Å². The highest BCUT2D eigenvalue weighted by molar-refractivity contribution is 6.30. The van der Waals surface area contributed by atoms with Crippen LogP contribution in [0.3, 0.4) is 0 Å². The van der Waals surface area contributed by atoms with Crippen molar-refractivity contribution in [1.82, 2.24) is 4.90 Å². The highest BCUT2D eigenvalue weighted by Gasteiger charge is 2.35. The van der Waals surface area contributed by atoms with Gasteiger partial charge in [0.05, 0.1) is 38.4 Å². The number of ether oxygens (including phenoxy) is 3. The number of benzene rings is 1. The summed E-state index contributed by atoms with van der Waals surface area (Å²) in [6, 6.07) is 6.78. The van der Waals surface area contributed by atoms with E-state index in [0.717, 1.165) is 0 Å². The summed E-state index contributed by atoms with van der Waals surface area (Å²) >= 11 is 6.06. The van der Waals surface area contributed by atoms with E-state index in [4.69, 9.17) is 21.1 Å². The van der Waals surface area contributed by atoms with Gasteiger partial charge in [-0.25, -0.2) is 9.59 Å². The maximum absolute atomic E-state index is 12.3. The van der Waals surface area contributed by atoms with Crippen LogP contribution in [0.15, 0.2) is 47.8 Å². The maximum atomic E-state index is 12.3. The van der Waals surface area contributed by atoms with E-state index in [1.165, 1.54) is 38.6 Å². The van der Waals surface area contributed by atoms with E-state index in [1.807, 2.05) is 0 Å². The van der Waals surface area contributed by atoms with E-state index in [-0.39, 0.29) is 17.7 Å². The minimum absolute atomic E-state index is 0.168. The summed E-state index contributed by atoms with van der Waals surface area (Å²) in [7, 11) is 3.72. The number of rotatable bonds is 5. The smallest absolute Gasteiger partial charge is 0.336 e. The first-order chi connectivity index (χ1) is 12.4. The van der Waals surface area contributed by atoms with Crippen molar-refractivity contribution < 1.29 is 28.6 Å². The van der Waals surface area contributed by atoms with Crippen molar-refractivity contribution >= 4 is 29.5 Å². The molecule has 1 aromatic carbocycles. The third kappa shape index (κ3) is 4.23. The monoisotopic (exact) mass is 379 g/mol. The molecule has 1 heterocycles. The fourth-order valence-corrected chi connectivity index (χ4v) is 2.84. The summed E-state index contributed by atoms with van der Waals surface area (Å²) in [5.74, 6) is -2.56. The molecule has 0 aliphatic carbocycles. The van der Waals surface area contributed by atoms with Gasteiger partial charge >= 0.3 is 17.9 Å². The van der Waals surface area contributed by atoms with Gasteiger partial charge in [0.1, 0.15) is 6.54 Å². The van der Waals surface area contributed by atoms with Crippen LogP contribution in [0.4, 0.5) is 0 Å². The van der Waals surface area contributed by atoms with Crippen LogP contribution < -0.4 is 0 Å². The predicted octanol–water partition coefficient (Wildman–Crippen LogP) is 2.03. The lowest BCUT2D eigenvalue weighted by Gasteiger charge is -2.29. The number of carbonyl (C=O) groups is 3. The van der Waals surface area contributed by atoms with Crippen LogP contribution in [0, 0.1) is 0 Å². The van der Waals surface area contributed by atoms with Gasteiger partial charge in [-0.05, 0) is 17.7 Å². The molecule has 0 N–H and O–H groups in total. The average molecular weight is 380 g/mol. The van der Waals surface area contributed by atoms with Crippen molar-refractivity contribution in [2.75, 3.05) is 27.9 Å². The Morgan fingerprint density at radius 3 is 2.04 bits per heavy atom. The predicted molar refractivity (Wildman–Crippen MR) is 93.1 cm³/mol. The van der Waals surface area contributed by atoms with Gasteiger partial charge in [0.15, 0.2) is 0 Å². The molecule has 26 heavy (non-hydrogen) atoms. The Balaban J connectivity index is 2.58. The Labute approximate surface area is 155 Å². The third-order valence-corrected chi connectivity index (χ3v) is 4.03. The highest BCUT2D eigenvalue weighted by atomic mass is 35.5. The van der Waals surface area contributed by atoms with Crippen molar-refractivity contribution in [2.24, 2.45) is 0 Å². The summed E-state index contributed by atoms with van der Waals surface area (Å²) in [6.07, 6.45) is 2.89. The number of esters is 3. The molecule has 7 nitrogen and oxygen atoms in total. The first-order valence-corrected chi connectivity index (χ1v) is 7.97. The molecule has 0 radical (unpaired) electrons. The molecule has 1 aromatic rings. The van der Waals surface area contributed by atoms with Gasteiger partial charge in [0, 0.05) is 17.4 Å². The fourth-order valence-electron chi connectivity index (χ4n) is 2.64. The molecule has 8 heteroatoms. The second kappa shape index (κ2) is 8.53. The largest absolute Gasteiger partial charge is 0.468 e. The molecule has 0 bridgehead atoms. The molecule has 1 aliphatic rings. The Hall–Kier alpha value is -2.80. The number of nitrogens with zero attached hydrogens (tertiary/aromatic N) is 1. The van der Waals surface area contributed by atoms with Crippen molar-refractivity contribution in [3.05, 3.63) is 58.4 Å². The van der Waals surface area contributed by atoms with E-state index >= 15 is 0 Å². The molecular weight excluding hydrogens is 362 g/mol. The molecule has 0 unspecified atom stereocenters. The molecule has 0 amide bonds. The lowest BCUT2D eigenvalue weighted by Crippen LogP contribution is -2.31. The first kappa shape index (κ1) is 19.5. The number of carbonyl (C=O) groups excluding carboxylic acids is 3. The second-order valence-corrected chi connectivity index (χ2v) is 5.82. The standard InChI is InChI=1S/C18H18ClNO6/c1-24-15(21)10-20-8-13(17(22)25-2)16(14(9-20)18(23)26-3)11-5-4-6-12(19)7-11/h4-9,16H,10H2,1-3H3. The number of halogens is 1. The molecule has 0 atom stereocenters. The zero-order valence-corrected chi connectivity index (χ0v) is 15.3. The van der Waals surface area contributed by atoms with E-state index in [9.17, 15) is 14.4 Å². The van der Waals surface area contributed by atoms with Crippen LogP contribution in [0.5, 0.6) is 0 Å². The van der Waals surface area contributed by atoms with Gasteiger partial charge in [0.25, 0.3) is 0 Å². The van der Waals surface area contributed by atoms with Gasteiger partial charge in [-0.2, -0.15) is 0 Å². The normalized spacial score (nSPS) is 14.2. The topological polar surface area (TPSA) is 82.1 Å². The van der Waals surface area contributed by atoms with E-state index < -0.39 is 23.8 Å². The zero-order chi connectivity index (χ0) is 19.3. The Morgan fingerprint density at radius 2 is 1.58 bits per heavy atom. The molecular formula is C18H18ClNO6. The SMILES string of the molecule is COC(=O)CN1C=C(C(=O)OC)C(c2cccc(Cl)c2)C(C(=O)OC)=C1. The Morgan fingerprint density at radius 1 is 1.00 bits per heavy atom. The lowest BCUT2D eigenvalue weighted by atomic mass is 9.83. The molecule has 0 spiro atoms. The summed E-state index contributed by atoms with van der Waals surface area (Å²) in [5, 5.41) is 0.452. The van der Waals surface area contributed by atoms with Crippen LogP contribution in [-0.2, 0) is 28.6 Å². The van der Waals surface area contributed by atoms with Crippen molar-refractivity contribution in [3.63, 3.8) is 0 Å². The third-order valence-electron chi connectivity index (χ3n) is 3.80. The summed E-state index contributed by atoms with van der Waals surface area (Å²) in [5.41, 5.74) is 0.951. The Kier molecular flexibility index (Phi) is 6.41. The first-order valence-electron chi connectivity index (χ1n) is 7.59. The molecule has 0 saturated heterocycles. The minimum Gasteiger partial charge on any atom is -0.468 e. The van der Waals surface area contributed by atoms with Crippen LogP contribution >= 0.6 is 11.6 Å². The zero-order valence-electron chi connectivity index (χ0n) is 14.5. The van der Waals surface area contributed by atoms with Crippen LogP contribution in [0.25, 0.3) is 0 Å². The van der Waals surface area contributed by atoms with Crippen molar-refractivity contribution in [3.8, 4) is 0 Å². The molecule has 0 aromatic heterocycles. The quantitative estimate of drug-likeness (QED) is 0.571. The number of hydrogen-bond donors (Lipinski definition) is 0. The minimum atomic E-state index is -0.748. The molecule has 0 saturated carbocycles. The van der Waals surface area contributed by atoms with Crippen LogP contribution in [-0.4, -0.2) is 50.7 Å². The van der Waals surface area contributed by atoms with E-state index in [1.54, 1.807) is 24.3 Å². The second-order valence-electron chi connectivity index (χ2n) is 5.39. The van der Waals surface area contributed by atoms with Crippen molar-refractivity contribution in [2.45, 2.75) is 5.92 Å². The highest BCUT2D eigenvalue weighted by Crippen LogP contribution is 2.37. The summed E-state index contributed by atoms with van der Waals surface area (Å²) in [6.45, 7) is -0.181. The average Bonchev–Trinajstić information content (AvgIpc) is 2.65. The Bertz CT molecular complexity index is 752. The number of methoxy groups -OCH3 is 3. The van der Waals surface area contributed by atoms with Gasteiger partial charge in [-0.1, -0.05) is 23.7 Å². The van der Waals surface area contributed by atoms with Gasteiger partial charge < -0.3 is 19.1 Å². The van der Waals surface area contributed by atoms with Crippen molar-refractivity contribution in [1.29, 1.82) is 0 Å². The molecule has 0 fully saturated rings. The van der Waals surface area contributed by atoms with E-state index in [2.05, 4.69) is 4.74 Å². The molecule has 138 valence electrons. The fraction of sp³-hybridized carbons (Fsp3) is 0.278. The van der Waals surface area contributed by atoms with Crippen LogP contribution in [0.2, 0.25) is 5.02 Å². The molecule has 2 rings (SSSR count). The van der Waals surface area contributed by atoms with E-state index in [0.29, 0.717) is 10.6 Å². The summed E-state index contributed by atoms with van der Waals surface area (Å²) < 4.78 is 14.3. The maximum Gasteiger partial charge on any atom is 0.336 e. The van der Waals surface area contributed by atoms with Crippen LogP contribution in [0.1, 0.15) is 11.5 Å². The lowest BCUT2D eigenvalue weighted by molar-refractivity contribution is -0.142. The van der Waals surface area contributed by atoms with Gasteiger partial charge in [-0.15, -0.1) is 0 Å². The summed E-state index contributed by atoms with van der Waals surface area (Å²) in [4.78, 5) is 37.7. The number of hydrogen-bond acceptors (Lipinski definition) is 7. The van der Waals surface area contributed by atoms with Gasteiger partial charge in [0.2, 0.25) is 0 Å².